The zero-order valence-corrected chi connectivity index (χ0v) is 17.7. The van der Waals surface area contributed by atoms with E-state index in [-0.39, 0.29) is 11.1 Å². The maximum Gasteiger partial charge on any atom is 0.303 e. The Kier molecular flexibility index (Phi) is 7.64. The summed E-state index contributed by atoms with van der Waals surface area (Å²) in [6, 6.07) is 0. The van der Waals surface area contributed by atoms with Crippen LogP contribution in [0.25, 0.3) is 0 Å². The van der Waals surface area contributed by atoms with Gasteiger partial charge in [-0.2, -0.15) is 0 Å². The molecule has 2 radical (unpaired) electrons. The minimum Gasteiger partial charge on any atom is -0.453 e. The van der Waals surface area contributed by atoms with Crippen LogP contribution in [0.5, 0.6) is 0 Å². The third-order valence-corrected chi connectivity index (χ3v) is 5.72. The molecule has 1 amide bonds. The van der Waals surface area contributed by atoms with Crippen LogP contribution in [0.3, 0.4) is 0 Å². The third-order valence-electron chi connectivity index (χ3n) is 2.48. The van der Waals surface area contributed by atoms with Gasteiger partial charge in [-0.05, 0) is 74.7 Å². The minimum absolute atomic E-state index is 0.176. The van der Waals surface area contributed by atoms with Crippen molar-refractivity contribution in [1.29, 1.82) is 0 Å². The van der Waals surface area contributed by atoms with E-state index in [0.29, 0.717) is 16.4 Å². The van der Waals surface area contributed by atoms with Crippen molar-refractivity contribution in [2.75, 3.05) is 5.32 Å². The molecule has 1 atom stereocenters. The van der Waals surface area contributed by atoms with E-state index in [2.05, 4.69) is 5.32 Å². The van der Waals surface area contributed by atoms with Crippen molar-refractivity contribution in [2.45, 2.75) is 20.0 Å². The first-order chi connectivity index (χ1) is 10.2. The van der Waals surface area contributed by atoms with Gasteiger partial charge in [0.1, 0.15) is 0 Å². The highest BCUT2D eigenvalue weighted by atomic mass is 127. The Labute approximate surface area is 167 Å². The standard InChI is InChI=1S/C13H8I3NO5/c1-5(22-6(2)20)13(21)17-12-10(15)7(3-18)9(14)8(4-19)11(12)16/h5H,1-2H3,(H,17,21). The number of rotatable bonds is 5. The normalized spacial score (nSPS) is 11.5. The van der Waals surface area contributed by atoms with Crippen molar-refractivity contribution in [3.8, 4) is 0 Å². The fraction of sp³-hybridized carbons (Fsp3) is 0.231. The van der Waals surface area contributed by atoms with Gasteiger partial charge < -0.3 is 10.1 Å². The van der Waals surface area contributed by atoms with Crippen LogP contribution in [0.15, 0.2) is 0 Å². The Balaban J connectivity index is 3.30. The molecular weight excluding hydrogens is 631 g/mol. The number of halogens is 3. The highest BCUT2D eigenvalue weighted by Gasteiger charge is 2.24. The predicted molar refractivity (Wildman–Crippen MR) is 104 cm³/mol. The van der Waals surface area contributed by atoms with Gasteiger partial charge in [-0.15, -0.1) is 0 Å². The molecule has 0 fully saturated rings. The van der Waals surface area contributed by atoms with Crippen molar-refractivity contribution in [2.24, 2.45) is 0 Å². The average Bonchev–Trinajstić information content (AvgIpc) is 2.43. The van der Waals surface area contributed by atoms with E-state index in [4.69, 9.17) is 4.74 Å². The number of nitrogens with one attached hydrogen (secondary N) is 1. The first-order valence-corrected chi connectivity index (χ1v) is 8.93. The molecule has 9 heteroatoms. The summed E-state index contributed by atoms with van der Waals surface area (Å²) < 4.78 is 6.10. The summed E-state index contributed by atoms with van der Waals surface area (Å²) in [5, 5.41) is 2.57. The topological polar surface area (TPSA) is 89.5 Å². The van der Waals surface area contributed by atoms with Gasteiger partial charge in [0.15, 0.2) is 6.10 Å². The highest BCUT2D eigenvalue weighted by molar-refractivity contribution is 14.1. The minimum atomic E-state index is -1.00. The lowest BCUT2D eigenvalue weighted by Gasteiger charge is -2.17. The number of anilines is 1. The van der Waals surface area contributed by atoms with Gasteiger partial charge >= 0.3 is 5.97 Å². The molecule has 1 N–H and O–H groups in total. The summed E-state index contributed by atoms with van der Waals surface area (Å²) in [6.07, 6.45) is 2.51. The Morgan fingerprint density at radius 3 is 1.86 bits per heavy atom. The monoisotopic (exact) mass is 639 g/mol. The number of ether oxygens (including phenoxy) is 1. The zero-order valence-electron chi connectivity index (χ0n) is 11.3. The van der Waals surface area contributed by atoms with Crippen molar-refractivity contribution in [3.05, 3.63) is 21.8 Å². The van der Waals surface area contributed by atoms with E-state index in [9.17, 15) is 19.2 Å². The molecule has 0 bridgehead atoms. The van der Waals surface area contributed by atoms with Gasteiger partial charge in [-0.1, -0.05) is 0 Å². The quantitative estimate of drug-likeness (QED) is 0.395. The summed E-state index contributed by atoms with van der Waals surface area (Å²) in [5.41, 5.74) is 0.646. The van der Waals surface area contributed by atoms with Crippen LogP contribution in [-0.4, -0.2) is 30.6 Å². The Bertz CT molecular complexity index is 625. The van der Waals surface area contributed by atoms with Crippen LogP contribution >= 0.6 is 67.8 Å². The van der Waals surface area contributed by atoms with Crippen molar-refractivity contribution >= 4 is 97.9 Å². The van der Waals surface area contributed by atoms with Crippen LogP contribution in [0.2, 0.25) is 0 Å². The van der Waals surface area contributed by atoms with Crippen molar-refractivity contribution in [1.82, 2.24) is 0 Å². The Morgan fingerprint density at radius 2 is 1.50 bits per heavy atom. The summed E-state index contributed by atoms with van der Waals surface area (Å²) in [4.78, 5) is 45.1. The molecule has 116 valence electrons. The summed E-state index contributed by atoms with van der Waals surface area (Å²) >= 11 is 5.62. The van der Waals surface area contributed by atoms with Gasteiger partial charge in [-0.25, -0.2) is 0 Å². The molecule has 1 aromatic carbocycles. The second kappa shape index (κ2) is 8.52. The number of carbonyl (C=O) groups is 2. The number of hydrogen-bond acceptors (Lipinski definition) is 5. The lowest BCUT2D eigenvalue weighted by atomic mass is 10.1. The number of carbonyl (C=O) groups excluding carboxylic acids is 4. The van der Waals surface area contributed by atoms with E-state index in [1.807, 2.05) is 67.8 Å². The van der Waals surface area contributed by atoms with Crippen LogP contribution in [0.1, 0.15) is 25.0 Å². The van der Waals surface area contributed by atoms with Gasteiger partial charge in [0.25, 0.3) is 5.91 Å². The van der Waals surface area contributed by atoms with Crippen molar-refractivity contribution < 1.29 is 23.9 Å². The van der Waals surface area contributed by atoms with Crippen LogP contribution in [0, 0.1) is 10.7 Å². The van der Waals surface area contributed by atoms with E-state index in [0.717, 1.165) is 0 Å². The summed E-state index contributed by atoms with van der Waals surface area (Å²) in [7, 11) is 0. The molecule has 6 nitrogen and oxygen atoms in total. The second-order valence-corrected chi connectivity index (χ2v) is 7.25. The van der Waals surface area contributed by atoms with Gasteiger partial charge in [0.2, 0.25) is 12.6 Å². The van der Waals surface area contributed by atoms with Gasteiger partial charge in [-0.3, -0.25) is 19.2 Å². The Hall–Kier alpha value is -0.310. The lowest BCUT2D eigenvalue weighted by molar-refractivity contribution is -0.150. The summed E-state index contributed by atoms with van der Waals surface area (Å²) in [5.74, 6) is -1.15. The molecule has 22 heavy (non-hydrogen) atoms. The molecule has 0 heterocycles. The van der Waals surface area contributed by atoms with Crippen LogP contribution < -0.4 is 5.32 Å². The molecule has 0 saturated carbocycles. The molecule has 1 aromatic rings. The summed E-state index contributed by atoms with van der Waals surface area (Å²) in [6.45, 7) is 2.61. The van der Waals surface area contributed by atoms with E-state index < -0.39 is 18.0 Å². The van der Waals surface area contributed by atoms with E-state index in [1.165, 1.54) is 13.8 Å². The molecule has 0 aliphatic heterocycles. The molecule has 0 spiro atoms. The third kappa shape index (κ3) is 4.37. The molecule has 0 saturated heterocycles. The molecule has 1 rings (SSSR count). The molecule has 0 aromatic heterocycles. The van der Waals surface area contributed by atoms with E-state index >= 15 is 0 Å². The number of esters is 1. The molecule has 0 aliphatic carbocycles. The number of benzene rings is 1. The fourth-order valence-electron chi connectivity index (χ4n) is 1.48. The first-order valence-electron chi connectivity index (χ1n) is 5.69. The number of hydrogen-bond donors (Lipinski definition) is 1. The van der Waals surface area contributed by atoms with Gasteiger partial charge in [0, 0.05) is 10.5 Å². The molecule has 1 unspecified atom stereocenters. The van der Waals surface area contributed by atoms with Crippen LogP contribution in [-0.2, 0) is 23.9 Å². The second-order valence-electron chi connectivity index (χ2n) is 4.01. The van der Waals surface area contributed by atoms with Crippen molar-refractivity contribution in [3.63, 3.8) is 0 Å². The maximum absolute atomic E-state index is 12.0. The van der Waals surface area contributed by atoms with Gasteiger partial charge in [0.05, 0.1) is 24.0 Å². The SMILES string of the molecule is CC(=O)OC(C)C(=O)Nc1c(I)c([C]=O)c(I)c([C]=O)c1I. The Morgan fingerprint density at radius 1 is 1.05 bits per heavy atom. The fourth-order valence-corrected chi connectivity index (χ4v) is 5.36. The molecular formula is C13H8I3NO5. The maximum atomic E-state index is 12.0. The first kappa shape index (κ1) is 19.7. The van der Waals surface area contributed by atoms with E-state index in [1.54, 1.807) is 12.6 Å². The average molecular weight is 639 g/mol. The molecule has 0 aliphatic rings. The number of amides is 1. The zero-order chi connectivity index (χ0) is 17.0. The predicted octanol–water partition coefficient (Wildman–Crippen LogP) is 2.31. The highest BCUT2D eigenvalue weighted by Crippen LogP contribution is 2.34. The largest absolute Gasteiger partial charge is 0.453 e. The smallest absolute Gasteiger partial charge is 0.303 e. The lowest BCUT2D eigenvalue weighted by Crippen LogP contribution is -2.30. The van der Waals surface area contributed by atoms with Crippen LogP contribution in [0.4, 0.5) is 5.69 Å².